The third kappa shape index (κ3) is 50.5. The molecule has 67 heavy (non-hydrogen) atoms. The largest absolute Gasteiger partial charge is 0.381 e. The molecule has 0 fully saturated rings. The van der Waals surface area contributed by atoms with Crippen LogP contribution in [0.15, 0.2) is 0 Å². The van der Waals surface area contributed by atoms with Crippen molar-refractivity contribution in [1.82, 2.24) is 4.90 Å². The van der Waals surface area contributed by atoms with Gasteiger partial charge in [0.05, 0.1) is 39.6 Å². The molecular weight excluding hydrogens is 831 g/mol. The third-order valence-corrected chi connectivity index (χ3v) is 13.0. The molecule has 0 rings (SSSR count). The molecule has 0 aromatic heterocycles. The first-order valence-corrected chi connectivity index (χ1v) is 29.1. The van der Waals surface area contributed by atoms with E-state index in [-0.39, 0.29) is 10.8 Å². The van der Waals surface area contributed by atoms with Gasteiger partial charge >= 0.3 is 0 Å². The molecular formula is C60H131NO6. The van der Waals surface area contributed by atoms with Crippen LogP contribution in [0.4, 0.5) is 0 Å². The Hall–Kier alpha value is -0.280. The van der Waals surface area contributed by atoms with Gasteiger partial charge in [0.1, 0.15) is 0 Å². The van der Waals surface area contributed by atoms with Gasteiger partial charge in [-0.15, -0.1) is 0 Å². The lowest BCUT2D eigenvalue weighted by Gasteiger charge is -2.33. The molecule has 0 saturated heterocycles. The Labute approximate surface area is 425 Å². The van der Waals surface area contributed by atoms with Crippen LogP contribution in [-0.2, 0) is 28.4 Å². The van der Waals surface area contributed by atoms with Gasteiger partial charge in [0, 0.05) is 50.5 Å². The summed E-state index contributed by atoms with van der Waals surface area (Å²) >= 11 is 0. The molecule has 0 aromatic rings. The molecule has 0 aliphatic heterocycles. The minimum absolute atomic E-state index is 0.0152. The molecule has 0 amide bonds. The van der Waals surface area contributed by atoms with Crippen LogP contribution in [0.3, 0.4) is 0 Å². The van der Waals surface area contributed by atoms with Crippen molar-refractivity contribution in [3.8, 4) is 0 Å². The maximum Gasteiger partial charge on any atom is 0.0566 e. The summed E-state index contributed by atoms with van der Waals surface area (Å²) in [5.74, 6) is 2.64. The molecule has 0 heterocycles. The number of hydrogen-bond donors (Lipinski definition) is 0. The SMILES string of the molecule is CCC(CC)(CC)CC.CCC(COCC(C)C)(COCC(C)C)COCC(C)C.CCCCCC(C)CC.CCCN(CCC)CCC.CCCOCC(CC)(COCCC)COCCC. The third-order valence-electron chi connectivity index (χ3n) is 13.0. The van der Waals surface area contributed by atoms with Gasteiger partial charge in [0.25, 0.3) is 0 Å². The van der Waals surface area contributed by atoms with Crippen LogP contribution in [0.5, 0.6) is 0 Å². The second-order valence-corrected chi connectivity index (χ2v) is 21.4. The van der Waals surface area contributed by atoms with E-state index in [1.165, 1.54) is 96.7 Å². The Bertz CT molecular complexity index is 799. The molecule has 412 valence electrons. The highest BCUT2D eigenvalue weighted by Crippen LogP contribution is 2.33. The van der Waals surface area contributed by atoms with E-state index in [0.717, 1.165) is 117 Å². The normalized spacial score (nSPS) is 12.3. The van der Waals surface area contributed by atoms with Gasteiger partial charge in [-0.05, 0) is 100 Å². The van der Waals surface area contributed by atoms with Crippen molar-refractivity contribution in [2.75, 3.05) is 98.9 Å². The molecule has 0 radical (unpaired) electrons. The fourth-order valence-corrected chi connectivity index (χ4v) is 7.43. The Morgan fingerprint density at radius 1 is 0.328 bits per heavy atom. The van der Waals surface area contributed by atoms with Gasteiger partial charge in [-0.3, -0.25) is 0 Å². The lowest BCUT2D eigenvalue weighted by molar-refractivity contribution is -0.0812. The zero-order valence-corrected chi connectivity index (χ0v) is 50.3. The van der Waals surface area contributed by atoms with Crippen molar-refractivity contribution in [1.29, 1.82) is 0 Å². The quantitative estimate of drug-likeness (QED) is 0.0566. The maximum absolute atomic E-state index is 5.91. The van der Waals surface area contributed by atoms with Crippen LogP contribution in [0.2, 0.25) is 0 Å². The molecule has 0 aliphatic rings. The minimum atomic E-state index is -0.0152. The van der Waals surface area contributed by atoms with Gasteiger partial charge in [0.2, 0.25) is 0 Å². The number of nitrogens with zero attached hydrogens (tertiary/aromatic N) is 1. The van der Waals surface area contributed by atoms with Crippen LogP contribution >= 0.6 is 0 Å². The molecule has 0 saturated carbocycles. The van der Waals surface area contributed by atoms with Crippen LogP contribution in [0.25, 0.3) is 0 Å². The smallest absolute Gasteiger partial charge is 0.0566 e. The first-order valence-electron chi connectivity index (χ1n) is 29.1. The summed E-state index contributed by atoms with van der Waals surface area (Å²) in [6.45, 7) is 59.8. The summed E-state index contributed by atoms with van der Waals surface area (Å²) in [5.41, 5.74) is 0.679. The first kappa shape index (κ1) is 75.6. The van der Waals surface area contributed by atoms with Crippen molar-refractivity contribution >= 4 is 0 Å². The van der Waals surface area contributed by atoms with Gasteiger partial charge in [0.15, 0.2) is 0 Å². The van der Waals surface area contributed by atoms with E-state index >= 15 is 0 Å². The Kier molecular flexibility index (Phi) is 62.1. The van der Waals surface area contributed by atoms with Crippen LogP contribution in [-0.4, -0.2) is 104 Å². The fraction of sp³-hybridized carbons (Fsp3) is 1.00. The van der Waals surface area contributed by atoms with E-state index in [4.69, 9.17) is 28.4 Å². The monoisotopic (exact) mass is 962 g/mol. The summed E-state index contributed by atoms with van der Waals surface area (Å²) in [4.78, 5) is 2.54. The van der Waals surface area contributed by atoms with E-state index < -0.39 is 0 Å². The summed E-state index contributed by atoms with van der Waals surface area (Å²) < 4.78 is 34.9. The second-order valence-electron chi connectivity index (χ2n) is 21.4. The first-order chi connectivity index (χ1) is 31.9. The van der Waals surface area contributed by atoms with Gasteiger partial charge in [-0.1, -0.05) is 203 Å². The molecule has 0 aromatic carbocycles. The topological polar surface area (TPSA) is 58.6 Å². The van der Waals surface area contributed by atoms with Crippen LogP contribution < -0.4 is 0 Å². The predicted molar refractivity (Wildman–Crippen MR) is 300 cm³/mol. The molecule has 7 heteroatoms. The summed E-state index contributed by atoms with van der Waals surface area (Å²) in [6.07, 6.45) is 21.5. The standard InChI is InChI=1S/C18H38O3.C15H32O3.C9H21N.2C9H20/c1-8-18(12-19-9-15(2)3,13-20-10-16(4)5)14-21-11-17(6)7;1-5-9-16-12-15(8-4,13-17-10-6-2)14-18-11-7-3;1-4-7-10(8-5-2)9-6-3;1-5-9(6-2,7-3)8-4;1-4-6-7-8-9(3)5-2/h15-17H,8-14H2,1-7H3;5-14H2,1-4H3;4-9H2,1-3H3;5-8H2,1-4H3;9H,4-8H2,1-3H3. The summed E-state index contributed by atoms with van der Waals surface area (Å²) in [6, 6.07) is 0. The molecule has 0 spiro atoms. The predicted octanol–water partition coefficient (Wildman–Crippen LogP) is 17.8. The Morgan fingerprint density at radius 2 is 0.612 bits per heavy atom. The summed E-state index contributed by atoms with van der Waals surface area (Å²) in [7, 11) is 0. The van der Waals surface area contributed by atoms with Crippen molar-refractivity contribution in [3.63, 3.8) is 0 Å². The van der Waals surface area contributed by atoms with Crippen LogP contribution in [0, 0.1) is 39.9 Å². The lowest BCUT2D eigenvalue weighted by atomic mass is 9.78. The van der Waals surface area contributed by atoms with E-state index in [2.05, 4.69) is 150 Å². The zero-order valence-electron chi connectivity index (χ0n) is 50.3. The highest BCUT2D eigenvalue weighted by atomic mass is 16.5. The highest BCUT2D eigenvalue weighted by molar-refractivity contribution is 4.79. The van der Waals surface area contributed by atoms with Gasteiger partial charge in [-0.2, -0.15) is 0 Å². The number of unbranched alkanes of at least 4 members (excludes halogenated alkanes) is 2. The molecule has 1 atom stereocenters. The molecule has 1 unspecified atom stereocenters. The van der Waals surface area contributed by atoms with E-state index in [0.29, 0.717) is 23.2 Å². The van der Waals surface area contributed by atoms with Crippen LogP contribution in [0.1, 0.15) is 255 Å². The fourth-order valence-electron chi connectivity index (χ4n) is 7.43. The Morgan fingerprint density at radius 3 is 0.806 bits per heavy atom. The van der Waals surface area contributed by atoms with Crippen molar-refractivity contribution in [2.45, 2.75) is 255 Å². The maximum atomic E-state index is 5.91. The van der Waals surface area contributed by atoms with E-state index in [1.54, 1.807) is 0 Å². The summed E-state index contributed by atoms with van der Waals surface area (Å²) in [5, 5.41) is 0. The second kappa shape index (κ2) is 55.0. The van der Waals surface area contributed by atoms with Crippen molar-refractivity contribution in [3.05, 3.63) is 0 Å². The van der Waals surface area contributed by atoms with E-state index in [9.17, 15) is 0 Å². The molecule has 0 N–H and O–H groups in total. The number of hydrogen-bond acceptors (Lipinski definition) is 7. The molecule has 0 bridgehead atoms. The average molecular weight is 963 g/mol. The molecule has 0 aliphatic carbocycles. The van der Waals surface area contributed by atoms with Gasteiger partial charge < -0.3 is 33.3 Å². The highest BCUT2D eigenvalue weighted by Gasteiger charge is 2.31. The zero-order chi connectivity index (χ0) is 52.3. The molecule has 7 nitrogen and oxygen atoms in total. The minimum Gasteiger partial charge on any atom is -0.381 e. The van der Waals surface area contributed by atoms with Crippen molar-refractivity contribution < 1.29 is 28.4 Å². The van der Waals surface area contributed by atoms with Crippen molar-refractivity contribution in [2.24, 2.45) is 39.9 Å². The van der Waals surface area contributed by atoms with Gasteiger partial charge in [-0.25, -0.2) is 0 Å². The lowest BCUT2D eigenvalue weighted by Crippen LogP contribution is -2.38. The average Bonchev–Trinajstić information content (AvgIpc) is 3.30. The number of ether oxygens (including phenoxy) is 6. The van der Waals surface area contributed by atoms with E-state index in [1.807, 2.05) is 0 Å². The Balaban J connectivity index is -0.000000251. The number of rotatable bonds is 41.